The predicted molar refractivity (Wildman–Crippen MR) is 73.0 cm³/mol. The summed E-state index contributed by atoms with van der Waals surface area (Å²) in [5.74, 6) is -0.673. The standard InChI is InChI=1S/C15H15NO3/c1-10-7-8-13(12(16)9-10)19-14(15(17)18)11-5-3-2-4-6-11/h2-9,14H,16H2,1H3,(H,17,18)/t14-/m0/s1. The third-order valence-corrected chi connectivity index (χ3v) is 2.74. The van der Waals surface area contributed by atoms with E-state index in [4.69, 9.17) is 10.5 Å². The number of aliphatic carboxylic acids is 1. The molecule has 3 N–H and O–H groups in total. The summed E-state index contributed by atoms with van der Waals surface area (Å²) in [7, 11) is 0. The molecular formula is C15H15NO3. The number of hydrogen-bond acceptors (Lipinski definition) is 3. The summed E-state index contributed by atoms with van der Waals surface area (Å²) >= 11 is 0. The summed E-state index contributed by atoms with van der Waals surface area (Å²) in [6, 6.07) is 14.0. The highest BCUT2D eigenvalue weighted by Crippen LogP contribution is 2.28. The number of carboxylic acid groups (broad SMARTS) is 1. The molecule has 0 fully saturated rings. The Hall–Kier alpha value is -2.49. The van der Waals surface area contributed by atoms with E-state index in [2.05, 4.69) is 0 Å². The van der Waals surface area contributed by atoms with E-state index in [1.165, 1.54) is 0 Å². The number of hydrogen-bond donors (Lipinski definition) is 2. The molecule has 0 aliphatic carbocycles. The van der Waals surface area contributed by atoms with Crippen LogP contribution in [0, 0.1) is 6.92 Å². The van der Waals surface area contributed by atoms with Gasteiger partial charge in [0.15, 0.2) is 0 Å². The van der Waals surface area contributed by atoms with Crippen LogP contribution < -0.4 is 10.5 Å². The van der Waals surface area contributed by atoms with Crippen LogP contribution in [0.3, 0.4) is 0 Å². The van der Waals surface area contributed by atoms with E-state index in [1.807, 2.05) is 19.1 Å². The van der Waals surface area contributed by atoms with Crippen LogP contribution in [0.15, 0.2) is 48.5 Å². The summed E-state index contributed by atoms with van der Waals surface area (Å²) in [5, 5.41) is 9.27. The Labute approximate surface area is 111 Å². The largest absolute Gasteiger partial charge is 0.478 e. The van der Waals surface area contributed by atoms with Gasteiger partial charge in [0.25, 0.3) is 0 Å². The zero-order chi connectivity index (χ0) is 13.8. The molecule has 0 aliphatic heterocycles. The smallest absolute Gasteiger partial charge is 0.349 e. The average Bonchev–Trinajstić information content (AvgIpc) is 2.38. The summed E-state index contributed by atoms with van der Waals surface area (Å²) in [6.07, 6.45) is -1.06. The van der Waals surface area contributed by atoms with Gasteiger partial charge < -0.3 is 15.6 Å². The number of nitrogens with two attached hydrogens (primary N) is 1. The minimum atomic E-state index is -1.06. The molecule has 19 heavy (non-hydrogen) atoms. The number of carbonyl (C=O) groups is 1. The van der Waals surface area contributed by atoms with Gasteiger partial charge in [0.2, 0.25) is 6.10 Å². The maximum atomic E-state index is 11.3. The van der Waals surface area contributed by atoms with Crippen molar-refractivity contribution >= 4 is 11.7 Å². The lowest BCUT2D eigenvalue weighted by Crippen LogP contribution is -2.18. The van der Waals surface area contributed by atoms with Crippen LogP contribution in [0.5, 0.6) is 5.75 Å². The van der Waals surface area contributed by atoms with Crippen molar-refractivity contribution in [2.24, 2.45) is 0 Å². The molecule has 0 aromatic heterocycles. The van der Waals surface area contributed by atoms with Gasteiger partial charge in [0, 0.05) is 5.56 Å². The van der Waals surface area contributed by atoms with E-state index in [9.17, 15) is 9.90 Å². The van der Waals surface area contributed by atoms with Gasteiger partial charge in [-0.1, -0.05) is 36.4 Å². The van der Waals surface area contributed by atoms with Gasteiger partial charge >= 0.3 is 5.97 Å². The molecule has 0 unspecified atom stereocenters. The lowest BCUT2D eigenvalue weighted by Gasteiger charge is -2.17. The first-order valence-corrected chi connectivity index (χ1v) is 5.88. The summed E-state index contributed by atoms with van der Waals surface area (Å²) in [6.45, 7) is 1.91. The number of anilines is 1. The van der Waals surface area contributed by atoms with Crippen molar-refractivity contribution in [1.29, 1.82) is 0 Å². The van der Waals surface area contributed by atoms with Crippen LogP contribution in [0.4, 0.5) is 5.69 Å². The van der Waals surface area contributed by atoms with E-state index in [0.717, 1.165) is 5.56 Å². The Kier molecular flexibility index (Phi) is 3.71. The molecule has 0 heterocycles. The first-order valence-electron chi connectivity index (χ1n) is 5.88. The molecule has 98 valence electrons. The number of rotatable bonds is 4. The van der Waals surface area contributed by atoms with Crippen LogP contribution >= 0.6 is 0 Å². The number of nitrogen functional groups attached to an aromatic ring is 1. The van der Waals surface area contributed by atoms with Gasteiger partial charge in [-0.05, 0) is 24.6 Å². The van der Waals surface area contributed by atoms with Crippen LogP contribution in [0.25, 0.3) is 0 Å². The lowest BCUT2D eigenvalue weighted by molar-refractivity contribution is -0.145. The molecule has 2 aromatic carbocycles. The molecule has 4 heteroatoms. The fourth-order valence-electron chi connectivity index (χ4n) is 1.79. The SMILES string of the molecule is Cc1ccc(O[C@H](C(=O)O)c2ccccc2)c(N)c1. The van der Waals surface area contributed by atoms with Crippen molar-refractivity contribution in [1.82, 2.24) is 0 Å². The molecular weight excluding hydrogens is 242 g/mol. The molecule has 2 rings (SSSR count). The van der Waals surface area contributed by atoms with Gasteiger partial charge in [0.05, 0.1) is 5.69 Å². The summed E-state index contributed by atoms with van der Waals surface area (Å²) in [4.78, 5) is 11.3. The van der Waals surface area contributed by atoms with Gasteiger partial charge in [-0.2, -0.15) is 0 Å². The van der Waals surface area contributed by atoms with E-state index in [0.29, 0.717) is 17.0 Å². The van der Waals surface area contributed by atoms with E-state index in [1.54, 1.807) is 36.4 Å². The second-order valence-corrected chi connectivity index (χ2v) is 4.29. The topological polar surface area (TPSA) is 72.5 Å². The molecule has 0 amide bonds. The van der Waals surface area contributed by atoms with Crippen LogP contribution in [-0.4, -0.2) is 11.1 Å². The number of carboxylic acids is 1. The van der Waals surface area contributed by atoms with Crippen molar-refractivity contribution in [3.05, 3.63) is 59.7 Å². The van der Waals surface area contributed by atoms with Crippen molar-refractivity contribution in [3.8, 4) is 5.75 Å². The normalized spacial score (nSPS) is 11.8. The minimum Gasteiger partial charge on any atom is -0.478 e. The van der Waals surface area contributed by atoms with Gasteiger partial charge in [-0.15, -0.1) is 0 Å². The second kappa shape index (κ2) is 5.44. The summed E-state index contributed by atoms with van der Waals surface area (Å²) in [5.41, 5.74) is 7.84. The Bertz CT molecular complexity index is 581. The third kappa shape index (κ3) is 3.04. The molecule has 0 bridgehead atoms. The molecule has 1 atom stereocenters. The van der Waals surface area contributed by atoms with Crippen LogP contribution in [0.2, 0.25) is 0 Å². The van der Waals surface area contributed by atoms with E-state index < -0.39 is 12.1 Å². The van der Waals surface area contributed by atoms with Crippen LogP contribution in [-0.2, 0) is 4.79 Å². The zero-order valence-electron chi connectivity index (χ0n) is 10.5. The number of aryl methyl sites for hydroxylation is 1. The predicted octanol–water partition coefficient (Wildman–Crippen LogP) is 2.78. The Morgan fingerprint density at radius 2 is 1.89 bits per heavy atom. The Morgan fingerprint density at radius 1 is 1.21 bits per heavy atom. The Morgan fingerprint density at radius 3 is 2.47 bits per heavy atom. The average molecular weight is 257 g/mol. The first kappa shape index (κ1) is 13.0. The van der Waals surface area contributed by atoms with Gasteiger partial charge in [-0.25, -0.2) is 4.79 Å². The minimum absolute atomic E-state index is 0.377. The highest BCUT2D eigenvalue weighted by Gasteiger charge is 2.22. The quantitative estimate of drug-likeness (QED) is 0.826. The Balaban J connectivity index is 2.29. The van der Waals surface area contributed by atoms with E-state index in [-0.39, 0.29) is 0 Å². The lowest BCUT2D eigenvalue weighted by atomic mass is 10.1. The third-order valence-electron chi connectivity index (χ3n) is 2.74. The monoisotopic (exact) mass is 257 g/mol. The molecule has 0 aliphatic rings. The van der Waals surface area contributed by atoms with Crippen molar-refractivity contribution < 1.29 is 14.6 Å². The van der Waals surface area contributed by atoms with Gasteiger partial charge in [-0.3, -0.25) is 0 Å². The maximum absolute atomic E-state index is 11.3. The van der Waals surface area contributed by atoms with Crippen molar-refractivity contribution in [3.63, 3.8) is 0 Å². The highest BCUT2D eigenvalue weighted by molar-refractivity contribution is 5.75. The first-order chi connectivity index (χ1) is 9.08. The zero-order valence-corrected chi connectivity index (χ0v) is 10.5. The number of ether oxygens (including phenoxy) is 1. The summed E-state index contributed by atoms with van der Waals surface area (Å²) < 4.78 is 5.52. The van der Waals surface area contributed by atoms with Gasteiger partial charge in [0.1, 0.15) is 5.75 Å². The fourth-order valence-corrected chi connectivity index (χ4v) is 1.79. The van der Waals surface area contributed by atoms with Crippen LogP contribution in [0.1, 0.15) is 17.2 Å². The van der Waals surface area contributed by atoms with E-state index >= 15 is 0 Å². The molecule has 0 spiro atoms. The molecule has 2 aromatic rings. The number of benzene rings is 2. The molecule has 0 saturated heterocycles. The van der Waals surface area contributed by atoms with Crippen molar-refractivity contribution in [2.45, 2.75) is 13.0 Å². The maximum Gasteiger partial charge on any atom is 0.349 e. The van der Waals surface area contributed by atoms with Crippen molar-refractivity contribution in [2.75, 3.05) is 5.73 Å². The second-order valence-electron chi connectivity index (χ2n) is 4.29. The molecule has 4 nitrogen and oxygen atoms in total. The fraction of sp³-hybridized carbons (Fsp3) is 0.133. The molecule has 0 radical (unpaired) electrons. The highest BCUT2D eigenvalue weighted by atomic mass is 16.5. The molecule has 0 saturated carbocycles.